The first-order chi connectivity index (χ1) is 6.91. The predicted octanol–water partition coefficient (Wildman–Crippen LogP) is 3.84. The van der Waals surface area contributed by atoms with Gasteiger partial charge >= 0.3 is 0 Å². The Labute approximate surface area is 108 Å². The molecule has 0 radical (unpaired) electrons. The van der Waals surface area contributed by atoms with Crippen LogP contribution in [0.25, 0.3) is 0 Å². The fourth-order valence-corrected chi connectivity index (χ4v) is 2.80. The van der Waals surface area contributed by atoms with E-state index in [1.54, 1.807) is 0 Å². The first kappa shape index (κ1) is 13.0. The van der Waals surface area contributed by atoms with Crippen LogP contribution in [0, 0.1) is 5.92 Å². The molecular weight excluding hydrogens is 320 g/mol. The number of nitrogens with two attached hydrogens (primary N) is 2. The summed E-state index contributed by atoms with van der Waals surface area (Å²) >= 11 is 6.86. The summed E-state index contributed by atoms with van der Waals surface area (Å²) in [6, 6.07) is 3.92. The van der Waals surface area contributed by atoms with Crippen LogP contribution in [0.15, 0.2) is 21.1 Å². The predicted molar refractivity (Wildman–Crippen MR) is 72.6 cm³/mol. The molecule has 0 spiro atoms. The lowest BCUT2D eigenvalue weighted by molar-refractivity contribution is 0.510. The van der Waals surface area contributed by atoms with Crippen molar-refractivity contribution >= 4 is 37.5 Å². The number of rotatable bonds is 3. The van der Waals surface area contributed by atoms with Gasteiger partial charge in [-0.1, -0.05) is 29.8 Å². The quantitative estimate of drug-likeness (QED) is 0.824. The largest absolute Gasteiger partial charge is 0.398 e. The molecule has 15 heavy (non-hydrogen) atoms. The van der Waals surface area contributed by atoms with Gasteiger partial charge in [-0.25, -0.2) is 0 Å². The van der Waals surface area contributed by atoms with Crippen LogP contribution in [0.4, 0.5) is 5.69 Å². The third kappa shape index (κ3) is 3.47. The third-order valence-corrected chi connectivity index (χ3v) is 3.37. The highest BCUT2D eigenvalue weighted by atomic mass is 79.9. The number of hydrogen-bond donors (Lipinski definition) is 2. The summed E-state index contributed by atoms with van der Waals surface area (Å²) in [7, 11) is 0. The Balaban J connectivity index is 3.02. The first-order valence-corrected chi connectivity index (χ1v) is 6.50. The van der Waals surface area contributed by atoms with Crippen molar-refractivity contribution in [1.82, 2.24) is 0 Å². The molecule has 0 bridgehead atoms. The molecule has 1 aromatic carbocycles. The Morgan fingerprint density at radius 1 is 1.27 bits per heavy atom. The lowest BCUT2D eigenvalue weighted by atomic mass is 9.97. The molecule has 4 heteroatoms. The molecular formula is C11H16Br2N2. The van der Waals surface area contributed by atoms with Crippen LogP contribution in [0.1, 0.15) is 31.9 Å². The molecule has 0 heterocycles. The summed E-state index contributed by atoms with van der Waals surface area (Å²) in [5, 5.41) is 0. The highest BCUT2D eigenvalue weighted by molar-refractivity contribution is 9.11. The van der Waals surface area contributed by atoms with E-state index in [4.69, 9.17) is 11.5 Å². The molecule has 4 N–H and O–H groups in total. The summed E-state index contributed by atoms with van der Waals surface area (Å²) in [5.41, 5.74) is 13.8. The zero-order valence-electron chi connectivity index (χ0n) is 8.93. The van der Waals surface area contributed by atoms with Gasteiger partial charge in [0.15, 0.2) is 0 Å². The van der Waals surface area contributed by atoms with Crippen molar-refractivity contribution in [3.05, 3.63) is 26.6 Å². The topological polar surface area (TPSA) is 52.0 Å². The van der Waals surface area contributed by atoms with Crippen molar-refractivity contribution in [3.63, 3.8) is 0 Å². The van der Waals surface area contributed by atoms with Gasteiger partial charge in [-0.3, -0.25) is 0 Å². The smallest absolute Gasteiger partial charge is 0.0507 e. The summed E-state index contributed by atoms with van der Waals surface area (Å²) in [6.45, 7) is 4.31. The minimum atomic E-state index is -0.00111. The van der Waals surface area contributed by atoms with E-state index in [2.05, 4.69) is 45.7 Å². The lowest BCUT2D eigenvalue weighted by Gasteiger charge is -2.17. The van der Waals surface area contributed by atoms with E-state index >= 15 is 0 Å². The van der Waals surface area contributed by atoms with Gasteiger partial charge in [-0.15, -0.1) is 0 Å². The van der Waals surface area contributed by atoms with E-state index in [0.717, 1.165) is 26.6 Å². The minimum Gasteiger partial charge on any atom is -0.398 e. The summed E-state index contributed by atoms with van der Waals surface area (Å²) in [6.07, 6.45) is 0.938. The Kier molecular flexibility index (Phi) is 4.62. The van der Waals surface area contributed by atoms with E-state index in [1.165, 1.54) is 0 Å². The molecule has 0 aliphatic heterocycles. The fraction of sp³-hybridized carbons (Fsp3) is 0.455. The van der Waals surface area contributed by atoms with E-state index in [-0.39, 0.29) is 6.04 Å². The zero-order chi connectivity index (χ0) is 11.6. The molecule has 0 amide bonds. The molecule has 0 aromatic heterocycles. The minimum absolute atomic E-state index is 0.00111. The van der Waals surface area contributed by atoms with Gasteiger partial charge in [-0.05, 0) is 46.0 Å². The maximum absolute atomic E-state index is 6.11. The van der Waals surface area contributed by atoms with Gasteiger partial charge in [0.2, 0.25) is 0 Å². The maximum Gasteiger partial charge on any atom is 0.0507 e. The molecule has 0 fully saturated rings. The molecule has 0 saturated carbocycles. The average Bonchev–Trinajstić information content (AvgIpc) is 2.09. The van der Waals surface area contributed by atoms with Gasteiger partial charge in [-0.2, -0.15) is 0 Å². The fourth-order valence-electron chi connectivity index (χ4n) is 1.55. The van der Waals surface area contributed by atoms with Crippen molar-refractivity contribution < 1.29 is 0 Å². The van der Waals surface area contributed by atoms with Gasteiger partial charge in [0.25, 0.3) is 0 Å². The van der Waals surface area contributed by atoms with Gasteiger partial charge < -0.3 is 11.5 Å². The normalized spacial score (nSPS) is 13.2. The van der Waals surface area contributed by atoms with Crippen LogP contribution in [0.5, 0.6) is 0 Å². The van der Waals surface area contributed by atoms with Gasteiger partial charge in [0, 0.05) is 15.0 Å². The van der Waals surface area contributed by atoms with Crippen LogP contribution in [0.2, 0.25) is 0 Å². The average molecular weight is 336 g/mol. The molecule has 0 aliphatic carbocycles. The molecule has 1 atom stereocenters. The van der Waals surface area contributed by atoms with Crippen molar-refractivity contribution in [2.75, 3.05) is 5.73 Å². The second-order valence-corrected chi connectivity index (χ2v) is 5.90. The highest BCUT2D eigenvalue weighted by Gasteiger charge is 2.14. The lowest BCUT2D eigenvalue weighted by Crippen LogP contribution is -2.15. The number of nitrogen functional groups attached to an aromatic ring is 1. The van der Waals surface area contributed by atoms with Crippen molar-refractivity contribution in [2.24, 2.45) is 11.7 Å². The standard InChI is InChI=1S/C11H16Br2N2/c1-6(2)3-10(14)8-4-7(12)5-9(13)11(8)15/h4-6,10H,3,14-15H2,1-2H3/t10-/m1/s1. The number of anilines is 1. The summed E-state index contributed by atoms with van der Waals surface area (Å²) in [5.74, 6) is 0.567. The van der Waals surface area contributed by atoms with Gasteiger partial charge in [0.1, 0.15) is 0 Å². The van der Waals surface area contributed by atoms with E-state index in [1.807, 2.05) is 12.1 Å². The van der Waals surface area contributed by atoms with Crippen LogP contribution in [0.3, 0.4) is 0 Å². The van der Waals surface area contributed by atoms with E-state index in [0.29, 0.717) is 5.92 Å². The van der Waals surface area contributed by atoms with Crippen LogP contribution in [-0.4, -0.2) is 0 Å². The number of benzene rings is 1. The first-order valence-electron chi connectivity index (χ1n) is 4.91. The van der Waals surface area contributed by atoms with Crippen molar-refractivity contribution in [2.45, 2.75) is 26.3 Å². The zero-order valence-corrected chi connectivity index (χ0v) is 12.1. The van der Waals surface area contributed by atoms with Crippen LogP contribution >= 0.6 is 31.9 Å². The Hall–Kier alpha value is -0.0600. The Morgan fingerprint density at radius 2 is 1.87 bits per heavy atom. The Morgan fingerprint density at radius 3 is 2.40 bits per heavy atom. The molecule has 1 rings (SSSR count). The monoisotopic (exact) mass is 334 g/mol. The van der Waals surface area contributed by atoms with Crippen LogP contribution in [-0.2, 0) is 0 Å². The van der Waals surface area contributed by atoms with E-state index in [9.17, 15) is 0 Å². The van der Waals surface area contributed by atoms with Gasteiger partial charge in [0.05, 0.1) is 5.69 Å². The van der Waals surface area contributed by atoms with Crippen molar-refractivity contribution in [3.8, 4) is 0 Å². The summed E-state index contributed by atoms with van der Waals surface area (Å²) < 4.78 is 1.89. The maximum atomic E-state index is 6.11. The third-order valence-electron chi connectivity index (χ3n) is 2.25. The molecule has 1 aromatic rings. The SMILES string of the molecule is CC(C)C[C@@H](N)c1cc(Br)cc(Br)c1N. The molecule has 0 saturated heterocycles. The van der Waals surface area contributed by atoms with Crippen molar-refractivity contribution in [1.29, 1.82) is 0 Å². The molecule has 0 unspecified atom stereocenters. The molecule has 84 valence electrons. The second-order valence-electron chi connectivity index (χ2n) is 4.13. The molecule has 0 aliphatic rings. The second kappa shape index (κ2) is 5.32. The summed E-state index contributed by atoms with van der Waals surface area (Å²) in [4.78, 5) is 0. The van der Waals surface area contributed by atoms with E-state index < -0.39 is 0 Å². The number of halogens is 2. The number of hydrogen-bond acceptors (Lipinski definition) is 2. The highest BCUT2D eigenvalue weighted by Crippen LogP contribution is 2.33. The van der Waals surface area contributed by atoms with Crippen LogP contribution < -0.4 is 11.5 Å². The Bertz CT molecular complexity index is 351. The molecule has 2 nitrogen and oxygen atoms in total.